The lowest BCUT2D eigenvalue weighted by atomic mass is 10.5. The topological polar surface area (TPSA) is 52.8 Å². The molecule has 1 aromatic rings. The zero-order chi connectivity index (χ0) is 8.81. The fourth-order valence-electron chi connectivity index (χ4n) is 0.649. The molecular weight excluding hydrogens is 156 g/mol. The molecule has 0 amide bonds. The van der Waals surface area contributed by atoms with Crippen LogP contribution in [-0.2, 0) is 11.3 Å². The number of aromatic nitrogens is 4. The minimum Gasteiger partial charge on any atom is -0.372 e. The quantitative estimate of drug-likeness (QED) is 0.562. The highest BCUT2D eigenvalue weighted by molar-refractivity contribution is 4.99. The average Bonchev–Trinajstić information content (AvgIpc) is 2.46. The van der Waals surface area contributed by atoms with Crippen LogP contribution >= 0.6 is 0 Å². The highest BCUT2D eigenvalue weighted by Gasteiger charge is 1.94. The van der Waals surface area contributed by atoms with Gasteiger partial charge in [0.1, 0.15) is 19.0 Å². The molecule has 0 N–H and O–H groups in total. The predicted molar refractivity (Wildman–Crippen MR) is 42.2 cm³/mol. The second kappa shape index (κ2) is 4.46. The second-order valence-electron chi connectivity index (χ2n) is 2.17. The van der Waals surface area contributed by atoms with Crippen LogP contribution in [0.25, 0.3) is 0 Å². The summed E-state index contributed by atoms with van der Waals surface area (Å²) in [7, 11) is 1.61. The summed E-state index contributed by atoms with van der Waals surface area (Å²) in [5, 5.41) is 10.9. The van der Waals surface area contributed by atoms with Crippen molar-refractivity contribution in [3.63, 3.8) is 0 Å². The Morgan fingerprint density at radius 1 is 1.50 bits per heavy atom. The standard InChI is InChI=1S/C7H10N4O/c1-7-8-9-10-11(7)5-3-4-6-12-2/h5-6H2,1-2H3. The molecule has 0 aliphatic rings. The maximum Gasteiger partial charge on any atom is 0.149 e. The van der Waals surface area contributed by atoms with Gasteiger partial charge in [0.2, 0.25) is 0 Å². The van der Waals surface area contributed by atoms with Crippen LogP contribution in [0.2, 0.25) is 0 Å². The summed E-state index contributed by atoms with van der Waals surface area (Å²) in [5.41, 5.74) is 0. The molecular formula is C7H10N4O. The third kappa shape index (κ3) is 2.32. The number of ether oxygens (including phenoxy) is 1. The van der Waals surface area contributed by atoms with E-state index in [1.54, 1.807) is 11.8 Å². The van der Waals surface area contributed by atoms with Gasteiger partial charge in [-0.15, -0.1) is 5.10 Å². The first kappa shape index (κ1) is 8.68. The first-order valence-corrected chi connectivity index (χ1v) is 3.52. The molecule has 0 spiro atoms. The number of aryl methyl sites for hydroxylation is 1. The first-order chi connectivity index (χ1) is 5.84. The van der Waals surface area contributed by atoms with Crippen molar-refractivity contribution in [2.45, 2.75) is 13.5 Å². The van der Waals surface area contributed by atoms with Crippen LogP contribution in [0, 0.1) is 18.8 Å². The predicted octanol–water partition coefficient (Wildman–Crippen LogP) is -0.369. The maximum absolute atomic E-state index is 4.76. The molecule has 1 rings (SSSR count). The number of nitrogens with zero attached hydrogens (tertiary/aromatic N) is 4. The normalized spacial score (nSPS) is 9.17. The van der Waals surface area contributed by atoms with Crippen LogP contribution in [0.15, 0.2) is 0 Å². The van der Waals surface area contributed by atoms with Crippen molar-refractivity contribution in [1.29, 1.82) is 0 Å². The van der Waals surface area contributed by atoms with E-state index in [9.17, 15) is 0 Å². The van der Waals surface area contributed by atoms with E-state index in [0.29, 0.717) is 13.2 Å². The number of methoxy groups -OCH3 is 1. The van der Waals surface area contributed by atoms with Gasteiger partial charge < -0.3 is 4.74 Å². The Balaban J connectivity index is 2.44. The molecule has 5 heteroatoms. The van der Waals surface area contributed by atoms with Crippen molar-refractivity contribution in [1.82, 2.24) is 20.2 Å². The van der Waals surface area contributed by atoms with Crippen LogP contribution in [0.5, 0.6) is 0 Å². The van der Waals surface area contributed by atoms with Gasteiger partial charge >= 0.3 is 0 Å². The number of tetrazole rings is 1. The van der Waals surface area contributed by atoms with E-state index < -0.39 is 0 Å². The first-order valence-electron chi connectivity index (χ1n) is 3.52. The molecule has 5 nitrogen and oxygen atoms in total. The molecule has 0 saturated carbocycles. The van der Waals surface area contributed by atoms with E-state index in [1.165, 1.54) is 0 Å². The van der Waals surface area contributed by atoms with Gasteiger partial charge in [-0.3, -0.25) is 0 Å². The lowest BCUT2D eigenvalue weighted by Gasteiger charge is -1.91. The summed E-state index contributed by atoms with van der Waals surface area (Å²) in [4.78, 5) is 0. The summed E-state index contributed by atoms with van der Waals surface area (Å²) in [6.45, 7) is 2.79. The minimum atomic E-state index is 0.446. The van der Waals surface area contributed by atoms with Crippen molar-refractivity contribution >= 4 is 0 Å². The number of hydrogen-bond acceptors (Lipinski definition) is 4. The Morgan fingerprint density at radius 3 is 2.92 bits per heavy atom. The zero-order valence-electron chi connectivity index (χ0n) is 7.11. The fourth-order valence-corrected chi connectivity index (χ4v) is 0.649. The molecule has 0 saturated heterocycles. The molecule has 0 unspecified atom stereocenters. The van der Waals surface area contributed by atoms with Crippen molar-refractivity contribution in [2.24, 2.45) is 0 Å². The molecule has 64 valence electrons. The Bertz CT molecular complexity index is 296. The van der Waals surface area contributed by atoms with Gasteiger partial charge in [-0.25, -0.2) is 4.68 Å². The van der Waals surface area contributed by atoms with E-state index in [0.717, 1.165) is 5.82 Å². The third-order valence-corrected chi connectivity index (χ3v) is 1.28. The highest BCUT2D eigenvalue weighted by Crippen LogP contribution is 1.85. The van der Waals surface area contributed by atoms with Crippen molar-refractivity contribution in [3.05, 3.63) is 5.82 Å². The molecule has 0 radical (unpaired) electrons. The van der Waals surface area contributed by atoms with Gasteiger partial charge in [0, 0.05) is 7.11 Å². The van der Waals surface area contributed by atoms with E-state index in [4.69, 9.17) is 4.74 Å². The lowest BCUT2D eigenvalue weighted by molar-refractivity contribution is 0.239. The molecule has 1 heterocycles. The Hall–Kier alpha value is -1.41. The van der Waals surface area contributed by atoms with Gasteiger partial charge in [-0.1, -0.05) is 11.8 Å². The SMILES string of the molecule is COCC#CCn1nnnc1C. The second-order valence-corrected chi connectivity index (χ2v) is 2.17. The van der Waals surface area contributed by atoms with Crippen LogP contribution in [0.4, 0.5) is 0 Å². The molecule has 0 fully saturated rings. The van der Waals surface area contributed by atoms with Gasteiger partial charge in [-0.2, -0.15) is 0 Å². The van der Waals surface area contributed by atoms with Gasteiger partial charge in [-0.05, 0) is 17.4 Å². The average molecular weight is 166 g/mol. The number of rotatable bonds is 2. The highest BCUT2D eigenvalue weighted by atomic mass is 16.5. The fraction of sp³-hybridized carbons (Fsp3) is 0.571. The molecule has 0 aliphatic heterocycles. The molecule has 1 aromatic heterocycles. The van der Waals surface area contributed by atoms with E-state index >= 15 is 0 Å². The summed E-state index contributed by atoms with van der Waals surface area (Å²) in [6.07, 6.45) is 0. The lowest BCUT2D eigenvalue weighted by Crippen LogP contribution is -2.00. The van der Waals surface area contributed by atoms with E-state index in [-0.39, 0.29) is 0 Å². The molecule has 0 atom stereocenters. The Kier molecular flexibility index (Phi) is 3.23. The zero-order valence-corrected chi connectivity index (χ0v) is 7.11. The molecule has 12 heavy (non-hydrogen) atoms. The van der Waals surface area contributed by atoms with Crippen LogP contribution in [0.3, 0.4) is 0 Å². The monoisotopic (exact) mass is 166 g/mol. The van der Waals surface area contributed by atoms with Crippen LogP contribution < -0.4 is 0 Å². The largest absolute Gasteiger partial charge is 0.372 e. The van der Waals surface area contributed by atoms with Crippen molar-refractivity contribution in [2.75, 3.05) is 13.7 Å². The summed E-state index contributed by atoms with van der Waals surface area (Å²) >= 11 is 0. The smallest absolute Gasteiger partial charge is 0.149 e. The van der Waals surface area contributed by atoms with E-state index in [2.05, 4.69) is 27.4 Å². The van der Waals surface area contributed by atoms with Gasteiger partial charge in [0.15, 0.2) is 0 Å². The van der Waals surface area contributed by atoms with Crippen LogP contribution in [0.1, 0.15) is 5.82 Å². The molecule has 0 bridgehead atoms. The molecule has 0 aliphatic carbocycles. The molecule has 0 aromatic carbocycles. The van der Waals surface area contributed by atoms with Crippen LogP contribution in [-0.4, -0.2) is 33.9 Å². The minimum absolute atomic E-state index is 0.446. The van der Waals surface area contributed by atoms with Gasteiger partial charge in [0.25, 0.3) is 0 Å². The van der Waals surface area contributed by atoms with Crippen molar-refractivity contribution in [3.8, 4) is 11.8 Å². The summed E-state index contributed by atoms with van der Waals surface area (Å²) in [6, 6.07) is 0. The maximum atomic E-state index is 4.76. The van der Waals surface area contributed by atoms with Crippen molar-refractivity contribution < 1.29 is 4.74 Å². The summed E-state index contributed by atoms with van der Waals surface area (Å²) in [5.74, 6) is 6.45. The number of hydrogen-bond donors (Lipinski definition) is 0. The Labute approximate surface area is 70.7 Å². The van der Waals surface area contributed by atoms with E-state index in [1.807, 2.05) is 6.92 Å². The van der Waals surface area contributed by atoms with Gasteiger partial charge in [0.05, 0.1) is 0 Å². The third-order valence-electron chi connectivity index (χ3n) is 1.28. The summed E-state index contributed by atoms with van der Waals surface area (Å²) < 4.78 is 6.38. The Morgan fingerprint density at radius 2 is 2.33 bits per heavy atom.